The molecule has 0 heterocycles. The molecule has 1 aromatic carbocycles. The Kier molecular flexibility index (Phi) is 50.5. The summed E-state index contributed by atoms with van der Waals surface area (Å²) in [7, 11) is 0. The molecule has 1 aromatic rings. The maximum atomic E-state index is 12.4. The molecule has 0 unspecified atom stereocenters. The third kappa shape index (κ3) is 48.4. The number of ketones is 4. The number of ether oxygens (including phenoxy) is 4. The number of hydrogen-bond acceptors (Lipinski definition) is 17. The van der Waals surface area contributed by atoms with Gasteiger partial charge in [0.25, 0.3) is 5.91 Å². The number of carboxylic acids is 4. The van der Waals surface area contributed by atoms with Crippen molar-refractivity contribution in [1.82, 2.24) is 21.3 Å². The van der Waals surface area contributed by atoms with Crippen molar-refractivity contribution in [3.63, 3.8) is 0 Å². The molecule has 0 saturated carbocycles. The number of aliphatic carboxylic acids is 4. The van der Waals surface area contributed by atoms with Gasteiger partial charge in [-0.05, 0) is 76.8 Å². The number of Topliss-reactive ketones (excluding diaryl/α,β-unsaturated/α-hetero) is 4. The molecule has 0 aromatic heterocycles. The number of carboxylic acid groups (broad SMARTS) is 4. The van der Waals surface area contributed by atoms with Crippen LogP contribution in [0.1, 0.15) is 216 Å². The first-order valence-corrected chi connectivity index (χ1v) is 32.3. The Morgan fingerprint density at radius 2 is 0.923 bits per heavy atom. The molecule has 0 saturated heterocycles. The minimum absolute atomic E-state index is 0.0265. The van der Waals surface area contributed by atoms with Crippen LogP contribution in [0.5, 0.6) is 0 Å². The second-order valence-electron chi connectivity index (χ2n) is 22.5. The first kappa shape index (κ1) is 84.0. The fraction of sp³-hybridized carbons (Fsp3) is 0.708. The van der Waals surface area contributed by atoms with E-state index in [9.17, 15) is 72.5 Å². The van der Waals surface area contributed by atoms with Gasteiger partial charge in [-0.25, -0.2) is 9.59 Å². The molecule has 10 N–H and O–H groups in total. The van der Waals surface area contributed by atoms with Crippen LogP contribution in [0.15, 0.2) is 24.3 Å². The predicted molar refractivity (Wildman–Crippen MR) is 336 cm³/mol. The fourth-order valence-electron chi connectivity index (χ4n) is 9.08. The summed E-state index contributed by atoms with van der Waals surface area (Å²) in [6.07, 6.45) is 17.5. The van der Waals surface area contributed by atoms with Gasteiger partial charge >= 0.3 is 23.9 Å². The normalized spacial score (nSPS) is 12.2. The minimum atomic E-state index is -1.35. The molecule has 5 amide bonds. The maximum absolute atomic E-state index is 12.4. The molecule has 26 nitrogen and oxygen atoms in total. The van der Waals surface area contributed by atoms with Crippen LogP contribution in [0.4, 0.5) is 0 Å². The van der Waals surface area contributed by atoms with E-state index < -0.39 is 77.1 Å². The lowest BCUT2D eigenvalue weighted by molar-refractivity contribution is -0.149. The zero-order chi connectivity index (χ0) is 68.0. The molecule has 516 valence electrons. The highest BCUT2D eigenvalue weighted by atomic mass is 16.5. The molecule has 0 radical (unpaired) electrons. The van der Waals surface area contributed by atoms with E-state index in [0.717, 1.165) is 56.9 Å². The Bertz CT molecular complexity index is 2330. The van der Waals surface area contributed by atoms with Crippen molar-refractivity contribution < 1.29 is 102 Å². The van der Waals surface area contributed by atoms with E-state index in [2.05, 4.69) is 21.3 Å². The number of nitrogens with two attached hydrogens (primary N) is 1. The van der Waals surface area contributed by atoms with Crippen LogP contribution in [-0.2, 0) is 76.5 Å². The van der Waals surface area contributed by atoms with E-state index in [1.165, 1.54) is 25.7 Å². The summed E-state index contributed by atoms with van der Waals surface area (Å²) in [5.41, 5.74) is 7.06. The van der Waals surface area contributed by atoms with Crippen LogP contribution >= 0.6 is 0 Å². The lowest BCUT2D eigenvalue weighted by atomic mass is 9.94. The molecule has 0 fully saturated rings. The number of primary amides is 1. The Morgan fingerprint density at radius 3 is 1.44 bits per heavy atom. The SMILES string of the molecule is CCC(=O)CCCOCCOCC(=O)N[C@@H](CCCCNC(=O)c1ccc(C)cc1)C(N)=O.CC[C@H](NC(=O)CC[C@H](CC(=O)COCCOCCNC(=O)CC[C@H](CC(=O)CCCCCCCCCCCCCCCCC(=O)C(=O)O)C(=O)O)C(=O)O)C(=O)O. The lowest BCUT2D eigenvalue weighted by Gasteiger charge is -2.15. The Morgan fingerprint density at radius 1 is 0.440 bits per heavy atom. The molecule has 26 heteroatoms. The van der Waals surface area contributed by atoms with Gasteiger partial charge in [-0.2, -0.15) is 0 Å². The van der Waals surface area contributed by atoms with Crippen LogP contribution in [0.3, 0.4) is 0 Å². The number of benzene rings is 1. The first-order chi connectivity index (χ1) is 43.5. The number of hydrogen-bond donors (Lipinski definition) is 9. The number of carbonyl (C=O) groups excluding carboxylic acids is 9. The maximum Gasteiger partial charge on any atom is 0.372 e. The Labute approximate surface area is 535 Å². The fourth-order valence-corrected chi connectivity index (χ4v) is 9.08. The Hall–Kier alpha value is -7.03. The standard InChI is InChI=1S/C41H68N2O15.C24H37N3O6/c1-2-34(40(53)54)43-37(48)22-20-31(39(51)52)28-33(45)29-58-26-25-57-24-23-42-36(47)21-19-30(38(49)50)27-32(44)17-15-13-11-9-7-5-3-4-6-8-10-12-14-16-18-35(46)41(55)56;1-3-20(28)7-6-14-32-15-16-33-17-22(29)27-21(23(25)30)8-4-5-13-26-24(31)19-11-9-18(2)10-12-19/h30-31,34H,2-29H2,1H3,(H,42,47)(H,43,48)(H,49,50)(H,51,52)(H,53,54)(H,55,56);9-12,21H,3-8,13-17H2,1-2H3,(H2,25,30)(H,26,31)(H,27,29)/t30-,31-,34+;21-/m10/s1. The van der Waals surface area contributed by atoms with E-state index in [0.29, 0.717) is 83.1 Å². The van der Waals surface area contributed by atoms with Gasteiger partial charge in [-0.1, -0.05) is 109 Å². The van der Waals surface area contributed by atoms with Crippen molar-refractivity contribution in [1.29, 1.82) is 0 Å². The number of unbranched alkanes of at least 4 members (excludes halogenated alkanes) is 14. The van der Waals surface area contributed by atoms with Gasteiger partial charge in [0.2, 0.25) is 29.4 Å². The van der Waals surface area contributed by atoms with Crippen LogP contribution < -0.4 is 27.0 Å². The quantitative estimate of drug-likeness (QED) is 0.0246. The highest BCUT2D eigenvalue weighted by Crippen LogP contribution is 2.18. The van der Waals surface area contributed by atoms with Crippen molar-refractivity contribution >= 4 is 76.5 Å². The van der Waals surface area contributed by atoms with Gasteiger partial charge in [-0.3, -0.25) is 52.7 Å². The van der Waals surface area contributed by atoms with Crippen molar-refractivity contribution in [2.75, 3.05) is 65.9 Å². The second kappa shape index (κ2) is 54.7. The largest absolute Gasteiger partial charge is 0.481 e. The molecule has 1 rings (SSSR count). The van der Waals surface area contributed by atoms with Gasteiger partial charge in [0, 0.05) is 76.6 Å². The van der Waals surface area contributed by atoms with Crippen LogP contribution in [-0.4, -0.2) is 175 Å². The molecule has 0 spiro atoms. The monoisotopic (exact) mass is 1290 g/mol. The molecular weight excluding hydrogens is 1190 g/mol. The van der Waals surface area contributed by atoms with Crippen molar-refractivity contribution in [3.05, 3.63) is 35.4 Å². The number of nitrogens with one attached hydrogen (secondary N) is 4. The number of aryl methyl sites for hydroxylation is 1. The van der Waals surface area contributed by atoms with E-state index in [-0.39, 0.29) is 121 Å². The Balaban J connectivity index is 0.00000207. The van der Waals surface area contributed by atoms with Gasteiger partial charge in [0.15, 0.2) is 5.78 Å². The highest BCUT2D eigenvalue weighted by molar-refractivity contribution is 6.32. The van der Waals surface area contributed by atoms with Gasteiger partial charge in [0.05, 0.1) is 44.9 Å². The first-order valence-electron chi connectivity index (χ1n) is 32.3. The predicted octanol–water partition coefficient (Wildman–Crippen LogP) is 6.55. The second-order valence-corrected chi connectivity index (χ2v) is 22.5. The molecule has 4 atom stereocenters. The van der Waals surface area contributed by atoms with Gasteiger partial charge in [-0.15, -0.1) is 0 Å². The number of amides is 5. The third-order valence-corrected chi connectivity index (χ3v) is 14.6. The summed E-state index contributed by atoms with van der Waals surface area (Å²) >= 11 is 0. The summed E-state index contributed by atoms with van der Waals surface area (Å²) in [6.45, 7) is 6.69. The van der Waals surface area contributed by atoms with Gasteiger partial charge in [0.1, 0.15) is 36.9 Å². The molecule has 0 aliphatic rings. The van der Waals surface area contributed by atoms with Crippen molar-refractivity contribution in [2.45, 2.75) is 219 Å². The van der Waals surface area contributed by atoms with Crippen molar-refractivity contribution in [2.24, 2.45) is 17.6 Å². The average Bonchev–Trinajstić information content (AvgIpc) is 3.41. The molecule has 0 bridgehead atoms. The third-order valence-electron chi connectivity index (χ3n) is 14.6. The number of carbonyl (C=O) groups is 13. The lowest BCUT2D eigenvalue weighted by Crippen LogP contribution is -2.45. The minimum Gasteiger partial charge on any atom is -0.481 e. The summed E-state index contributed by atoms with van der Waals surface area (Å²) in [5, 5.41) is 46.9. The van der Waals surface area contributed by atoms with Gasteiger partial charge < -0.3 is 66.4 Å². The smallest absolute Gasteiger partial charge is 0.372 e. The molecular formula is C65H105N5O21. The molecule has 0 aliphatic heterocycles. The molecule has 0 aliphatic carbocycles. The zero-order valence-electron chi connectivity index (χ0n) is 54.0. The average molecular weight is 1290 g/mol. The highest BCUT2D eigenvalue weighted by Gasteiger charge is 2.25. The van der Waals surface area contributed by atoms with Crippen LogP contribution in [0, 0.1) is 18.8 Å². The van der Waals surface area contributed by atoms with Crippen LogP contribution in [0.25, 0.3) is 0 Å². The van der Waals surface area contributed by atoms with E-state index >= 15 is 0 Å². The van der Waals surface area contributed by atoms with Crippen molar-refractivity contribution in [3.8, 4) is 0 Å². The summed E-state index contributed by atoms with van der Waals surface area (Å²) in [5.74, 6) is -10.3. The number of rotatable bonds is 59. The van der Waals surface area contributed by atoms with E-state index in [1.54, 1.807) is 19.1 Å². The van der Waals surface area contributed by atoms with E-state index in [1.807, 2.05) is 26.0 Å². The topological polar surface area (TPSA) is 414 Å². The van der Waals surface area contributed by atoms with E-state index in [4.69, 9.17) is 34.9 Å². The van der Waals surface area contributed by atoms with Crippen LogP contribution in [0.2, 0.25) is 0 Å². The summed E-state index contributed by atoms with van der Waals surface area (Å²) in [6, 6.07) is 5.44. The summed E-state index contributed by atoms with van der Waals surface area (Å²) in [4.78, 5) is 151. The molecule has 91 heavy (non-hydrogen) atoms. The zero-order valence-corrected chi connectivity index (χ0v) is 54.0. The summed E-state index contributed by atoms with van der Waals surface area (Å²) < 4.78 is 21.2.